The van der Waals surface area contributed by atoms with Crippen molar-refractivity contribution in [2.45, 2.75) is 50.9 Å². The first-order valence-electron chi connectivity index (χ1n) is 11.8. The zero-order valence-electron chi connectivity index (χ0n) is 19.6. The molecule has 37 heavy (non-hydrogen) atoms. The van der Waals surface area contributed by atoms with E-state index in [1.807, 2.05) is 4.90 Å². The monoisotopic (exact) mass is 525 g/mol. The summed E-state index contributed by atoms with van der Waals surface area (Å²) in [5.74, 6) is 0.186. The Bertz CT molecular complexity index is 1290. The molecule has 2 fully saturated rings. The van der Waals surface area contributed by atoms with Crippen LogP contribution in [0.3, 0.4) is 0 Å². The number of nitrogens with zero attached hydrogens (tertiary/aromatic N) is 7. The smallest absolute Gasteiger partial charge is 0.396 e. The minimum Gasteiger partial charge on any atom is -0.396 e. The second-order valence-corrected chi connectivity index (χ2v) is 9.37. The molecule has 2 saturated heterocycles. The maximum atomic E-state index is 13.2. The Morgan fingerprint density at radius 3 is 2.59 bits per heavy atom. The lowest BCUT2D eigenvalue weighted by Crippen LogP contribution is -2.48. The van der Waals surface area contributed by atoms with Crippen LogP contribution in [0.4, 0.5) is 33.5 Å². The number of halogens is 5. The first-order valence-corrected chi connectivity index (χ1v) is 11.8. The SMILES string of the molecule is O=C1CC2(CCN(c3cnc4cnn(CC(F)F)c4n3)CC2)C(CCO)N1c1ccnc(C(F)(F)F)c1. The van der Waals surface area contributed by atoms with Crippen molar-refractivity contribution < 1.29 is 31.9 Å². The Balaban J connectivity index is 1.38. The molecule has 0 aromatic carbocycles. The standard InChI is InChI=1S/C23H24F5N7O2/c24-18(25)13-34-21-15(11-31-34)30-12-19(32-21)33-6-3-22(4-7-33)10-20(37)35(17(22)2-8-36)14-1-5-29-16(9-14)23(26,27)28/h1,5,9,11-12,17-18,36H,2-4,6-8,10,13H2. The second kappa shape index (κ2) is 9.47. The number of alkyl halides is 5. The quantitative estimate of drug-likeness (QED) is 0.493. The van der Waals surface area contributed by atoms with Gasteiger partial charge in [0.05, 0.1) is 12.4 Å². The Morgan fingerprint density at radius 1 is 1.16 bits per heavy atom. The van der Waals surface area contributed by atoms with Crippen LogP contribution in [-0.2, 0) is 17.5 Å². The van der Waals surface area contributed by atoms with Crippen LogP contribution in [0.25, 0.3) is 11.2 Å². The van der Waals surface area contributed by atoms with E-state index < -0.39 is 36.3 Å². The highest BCUT2D eigenvalue weighted by atomic mass is 19.4. The van der Waals surface area contributed by atoms with Crippen LogP contribution in [0.15, 0.2) is 30.7 Å². The highest BCUT2D eigenvalue weighted by Crippen LogP contribution is 2.49. The van der Waals surface area contributed by atoms with E-state index in [1.165, 1.54) is 17.2 Å². The fraction of sp³-hybridized carbons (Fsp3) is 0.522. The molecule has 1 spiro atoms. The summed E-state index contributed by atoms with van der Waals surface area (Å²) in [6.45, 7) is 0.108. The molecule has 1 unspecified atom stereocenters. The average molecular weight is 525 g/mol. The van der Waals surface area contributed by atoms with Gasteiger partial charge in [-0.2, -0.15) is 18.3 Å². The lowest BCUT2D eigenvalue weighted by molar-refractivity contribution is -0.141. The van der Waals surface area contributed by atoms with Crippen molar-refractivity contribution in [3.8, 4) is 0 Å². The highest BCUT2D eigenvalue weighted by Gasteiger charge is 2.53. The molecule has 3 aromatic rings. The van der Waals surface area contributed by atoms with Crippen molar-refractivity contribution in [1.29, 1.82) is 0 Å². The first-order chi connectivity index (χ1) is 17.6. The number of piperidine rings is 1. The molecular formula is C23H24F5N7O2. The van der Waals surface area contributed by atoms with Gasteiger partial charge in [0.15, 0.2) is 5.65 Å². The van der Waals surface area contributed by atoms with Gasteiger partial charge >= 0.3 is 6.18 Å². The van der Waals surface area contributed by atoms with Gasteiger partial charge in [-0.1, -0.05) is 0 Å². The zero-order chi connectivity index (χ0) is 26.4. The van der Waals surface area contributed by atoms with Crippen molar-refractivity contribution in [3.63, 3.8) is 0 Å². The normalized spacial score (nSPS) is 20.1. The molecule has 0 bridgehead atoms. The van der Waals surface area contributed by atoms with Gasteiger partial charge in [0.25, 0.3) is 6.43 Å². The molecule has 1 amide bonds. The van der Waals surface area contributed by atoms with Gasteiger partial charge in [-0.15, -0.1) is 0 Å². The summed E-state index contributed by atoms with van der Waals surface area (Å²) in [5, 5.41) is 13.7. The minimum absolute atomic E-state index is 0.105. The number of fused-ring (bicyclic) bond motifs is 1. The average Bonchev–Trinajstić information content (AvgIpc) is 3.36. The molecule has 1 N–H and O–H groups in total. The number of hydrogen-bond donors (Lipinski definition) is 1. The van der Waals surface area contributed by atoms with Crippen molar-refractivity contribution in [2.75, 3.05) is 29.5 Å². The number of anilines is 2. The number of rotatable bonds is 6. The molecule has 9 nitrogen and oxygen atoms in total. The summed E-state index contributed by atoms with van der Waals surface area (Å²) in [6, 6.07) is 1.75. The Hall–Kier alpha value is -3.42. The summed E-state index contributed by atoms with van der Waals surface area (Å²) in [6.07, 6.45) is -1.90. The van der Waals surface area contributed by atoms with Crippen LogP contribution in [0.2, 0.25) is 0 Å². The van der Waals surface area contributed by atoms with E-state index in [1.54, 1.807) is 6.20 Å². The number of amides is 1. The number of aromatic nitrogens is 5. The highest BCUT2D eigenvalue weighted by molar-refractivity contribution is 5.97. The van der Waals surface area contributed by atoms with Crippen LogP contribution in [-0.4, -0.2) is 67.9 Å². The number of pyridine rings is 1. The van der Waals surface area contributed by atoms with Crippen LogP contribution in [0.1, 0.15) is 31.4 Å². The third-order valence-corrected chi connectivity index (χ3v) is 7.23. The van der Waals surface area contributed by atoms with E-state index in [4.69, 9.17) is 0 Å². The lowest BCUT2D eigenvalue weighted by atomic mass is 9.71. The van der Waals surface area contributed by atoms with Crippen LogP contribution < -0.4 is 9.80 Å². The number of carbonyl (C=O) groups is 1. The van der Waals surface area contributed by atoms with Gasteiger partial charge in [-0.25, -0.2) is 23.4 Å². The van der Waals surface area contributed by atoms with E-state index in [2.05, 4.69) is 20.1 Å². The van der Waals surface area contributed by atoms with E-state index >= 15 is 0 Å². The third-order valence-electron chi connectivity index (χ3n) is 7.23. The molecular weight excluding hydrogens is 501 g/mol. The predicted molar refractivity (Wildman–Crippen MR) is 122 cm³/mol. The first kappa shape index (κ1) is 25.2. The minimum atomic E-state index is -4.65. The zero-order valence-corrected chi connectivity index (χ0v) is 19.6. The van der Waals surface area contributed by atoms with E-state index in [9.17, 15) is 31.9 Å². The summed E-state index contributed by atoms with van der Waals surface area (Å²) < 4.78 is 66.6. The number of aliphatic hydroxyl groups excluding tert-OH is 1. The Morgan fingerprint density at radius 2 is 1.92 bits per heavy atom. The van der Waals surface area contributed by atoms with Gasteiger partial charge in [0.2, 0.25) is 5.91 Å². The molecule has 5 heterocycles. The molecule has 2 aliphatic heterocycles. The molecule has 3 aromatic heterocycles. The fourth-order valence-electron chi connectivity index (χ4n) is 5.51. The number of hydrogen-bond acceptors (Lipinski definition) is 7. The summed E-state index contributed by atoms with van der Waals surface area (Å²) in [7, 11) is 0. The Labute approximate surface area is 207 Å². The summed E-state index contributed by atoms with van der Waals surface area (Å²) in [5.41, 5.74) is -0.886. The molecule has 0 saturated carbocycles. The topological polar surface area (TPSA) is 100 Å². The van der Waals surface area contributed by atoms with E-state index in [0.29, 0.717) is 37.3 Å². The maximum absolute atomic E-state index is 13.2. The summed E-state index contributed by atoms with van der Waals surface area (Å²) in [4.78, 5) is 28.6. The molecule has 1 atom stereocenters. The largest absolute Gasteiger partial charge is 0.433 e. The number of aliphatic hydroxyl groups is 1. The van der Waals surface area contributed by atoms with Crippen LogP contribution in [0, 0.1) is 5.41 Å². The van der Waals surface area contributed by atoms with E-state index in [0.717, 1.165) is 16.9 Å². The molecule has 0 aliphatic carbocycles. The number of carbonyl (C=O) groups excluding carboxylic acids is 1. The maximum Gasteiger partial charge on any atom is 0.433 e. The van der Waals surface area contributed by atoms with Gasteiger partial charge in [-0.05, 0) is 31.4 Å². The molecule has 2 aliphatic rings. The predicted octanol–water partition coefficient (Wildman–Crippen LogP) is 3.28. The van der Waals surface area contributed by atoms with E-state index in [-0.39, 0.29) is 36.7 Å². The van der Waals surface area contributed by atoms with Crippen LogP contribution >= 0.6 is 0 Å². The molecule has 5 rings (SSSR count). The van der Waals surface area contributed by atoms with Crippen molar-refractivity contribution in [1.82, 2.24) is 24.7 Å². The summed E-state index contributed by atoms with van der Waals surface area (Å²) >= 11 is 0. The van der Waals surface area contributed by atoms with Gasteiger partial charge in [0.1, 0.15) is 23.6 Å². The molecule has 0 radical (unpaired) electrons. The van der Waals surface area contributed by atoms with Crippen molar-refractivity contribution in [2.24, 2.45) is 5.41 Å². The molecule has 198 valence electrons. The van der Waals surface area contributed by atoms with Gasteiger partial charge in [0, 0.05) is 49.5 Å². The van der Waals surface area contributed by atoms with Crippen molar-refractivity contribution in [3.05, 3.63) is 36.4 Å². The van der Waals surface area contributed by atoms with Gasteiger partial charge in [-0.3, -0.25) is 9.78 Å². The second-order valence-electron chi connectivity index (χ2n) is 9.37. The molecule has 14 heteroatoms. The van der Waals surface area contributed by atoms with Crippen LogP contribution in [0.5, 0.6) is 0 Å². The third kappa shape index (κ3) is 4.69. The fourth-order valence-corrected chi connectivity index (χ4v) is 5.51. The van der Waals surface area contributed by atoms with Crippen molar-refractivity contribution >= 4 is 28.6 Å². The lowest BCUT2D eigenvalue weighted by Gasteiger charge is -2.44. The van der Waals surface area contributed by atoms with Gasteiger partial charge < -0.3 is 14.9 Å². The Kier molecular flexibility index (Phi) is 6.46.